The monoisotopic (exact) mass is 303 g/mol. The molecule has 0 aromatic carbocycles. The van der Waals surface area contributed by atoms with Crippen LogP contribution < -0.4 is 0 Å². The summed E-state index contributed by atoms with van der Waals surface area (Å²) in [7, 11) is 0. The van der Waals surface area contributed by atoms with Gasteiger partial charge in [0.1, 0.15) is 0 Å². The molecule has 2 heterocycles. The molecule has 0 unspecified atom stereocenters. The standard InChI is InChI=1S/C10H5BrF3N3/c11-7-1-2-15-8(3-7)6-4-16-9(17-5-6)10(12,13)14/h1-5H. The second-order valence-corrected chi connectivity index (χ2v) is 4.07. The maximum atomic E-state index is 12.2. The Hall–Kier alpha value is -1.50. The number of alkyl halides is 3. The lowest BCUT2D eigenvalue weighted by Crippen LogP contribution is -2.10. The van der Waals surface area contributed by atoms with Crippen LogP contribution in [0.1, 0.15) is 5.82 Å². The number of nitrogens with zero attached hydrogens (tertiary/aromatic N) is 3. The number of rotatable bonds is 1. The van der Waals surface area contributed by atoms with Crippen molar-refractivity contribution in [3.63, 3.8) is 0 Å². The second-order valence-electron chi connectivity index (χ2n) is 3.15. The van der Waals surface area contributed by atoms with Crippen LogP contribution in [0.25, 0.3) is 11.3 Å². The Balaban J connectivity index is 2.36. The van der Waals surface area contributed by atoms with E-state index in [2.05, 4.69) is 30.9 Å². The Bertz CT molecular complexity index is 525. The highest BCUT2D eigenvalue weighted by Crippen LogP contribution is 2.26. The second kappa shape index (κ2) is 4.40. The Labute approximate surface area is 103 Å². The molecule has 0 aliphatic carbocycles. The summed E-state index contributed by atoms with van der Waals surface area (Å²) in [5.74, 6) is -1.16. The predicted molar refractivity (Wildman–Crippen MR) is 58.0 cm³/mol. The van der Waals surface area contributed by atoms with Gasteiger partial charge >= 0.3 is 6.18 Å². The molecule has 3 nitrogen and oxygen atoms in total. The molecule has 0 saturated heterocycles. The van der Waals surface area contributed by atoms with Gasteiger partial charge in [0.25, 0.3) is 0 Å². The molecule has 0 fully saturated rings. The van der Waals surface area contributed by atoms with Gasteiger partial charge in [-0.2, -0.15) is 13.2 Å². The van der Waals surface area contributed by atoms with Crippen molar-refractivity contribution in [3.8, 4) is 11.3 Å². The van der Waals surface area contributed by atoms with E-state index in [4.69, 9.17) is 0 Å². The number of aromatic nitrogens is 3. The van der Waals surface area contributed by atoms with Crippen LogP contribution in [0.3, 0.4) is 0 Å². The summed E-state index contributed by atoms with van der Waals surface area (Å²) in [6.07, 6.45) is -0.782. The normalized spacial score (nSPS) is 11.5. The van der Waals surface area contributed by atoms with Gasteiger partial charge in [-0.3, -0.25) is 4.98 Å². The fraction of sp³-hybridized carbons (Fsp3) is 0.100. The van der Waals surface area contributed by atoms with Gasteiger partial charge in [-0.1, -0.05) is 15.9 Å². The Morgan fingerprint density at radius 1 is 1.06 bits per heavy atom. The van der Waals surface area contributed by atoms with E-state index < -0.39 is 12.0 Å². The maximum absolute atomic E-state index is 12.2. The first-order chi connectivity index (χ1) is 7.97. The first-order valence-electron chi connectivity index (χ1n) is 4.48. The molecule has 17 heavy (non-hydrogen) atoms. The van der Waals surface area contributed by atoms with Crippen LogP contribution >= 0.6 is 15.9 Å². The summed E-state index contributed by atoms with van der Waals surface area (Å²) in [6, 6.07) is 3.39. The minimum Gasteiger partial charge on any atom is -0.256 e. The zero-order valence-corrected chi connectivity index (χ0v) is 9.83. The van der Waals surface area contributed by atoms with Crippen molar-refractivity contribution in [2.75, 3.05) is 0 Å². The van der Waals surface area contributed by atoms with Crippen LogP contribution in [0.5, 0.6) is 0 Å². The molecule has 0 atom stereocenters. The van der Waals surface area contributed by atoms with E-state index in [9.17, 15) is 13.2 Å². The third-order valence-corrected chi connectivity index (χ3v) is 2.42. The van der Waals surface area contributed by atoms with Gasteiger partial charge in [-0.05, 0) is 12.1 Å². The van der Waals surface area contributed by atoms with E-state index in [-0.39, 0.29) is 0 Å². The average molecular weight is 304 g/mol. The molecule has 0 aliphatic rings. The molecule has 88 valence electrons. The predicted octanol–water partition coefficient (Wildman–Crippen LogP) is 3.32. The number of hydrogen-bond acceptors (Lipinski definition) is 3. The first kappa shape index (κ1) is 12.0. The molecule has 2 aromatic heterocycles. The van der Waals surface area contributed by atoms with Crippen LogP contribution in [0.2, 0.25) is 0 Å². The fourth-order valence-electron chi connectivity index (χ4n) is 1.17. The largest absolute Gasteiger partial charge is 0.451 e. The third kappa shape index (κ3) is 2.79. The van der Waals surface area contributed by atoms with Gasteiger partial charge in [-0.15, -0.1) is 0 Å². The molecule has 0 amide bonds. The summed E-state index contributed by atoms with van der Waals surface area (Å²) in [6.45, 7) is 0. The molecule has 7 heteroatoms. The highest BCUT2D eigenvalue weighted by molar-refractivity contribution is 9.10. The number of hydrogen-bond donors (Lipinski definition) is 0. The SMILES string of the molecule is FC(F)(F)c1ncc(-c2cc(Br)ccn2)cn1. The Morgan fingerprint density at radius 2 is 1.71 bits per heavy atom. The molecule has 0 bridgehead atoms. The van der Waals surface area contributed by atoms with E-state index >= 15 is 0 Å². The van der Waals surface area contributed by atoms with Crippen LogP contribution in [-0.4, -0.2) is 15.0 Å². The topological polar surface area (TPSA) is 38.7 Å². The molecule has 2 aromatic rings. The van der Waals surface area contributed by atoms with Crippen molar-refractivity contribution in [2.24, 2.45) is 0 Å². The van der Waals surface area contributed by atoms with Crippen molar-refractivity contribution >= 4 is 15.9 Å². The molecule has 2 rings (SSSR count). The van der Waals surface area contributed by atoms with Gasteiger partial charge in [0.15, 0.2) is 0 Å². The highest BCUT2D eigenvalue weighted by Gasteiger charge is 2.34. The van der Waals surface area contributed by atoms with Crippen LogP contribution in [0.4, 0.5) is 13.2 Å². The zero-order valence-electron chi connectivity index (χ0n) is 8.24. The van der Waals surface area contributed by atoms with E-state index in [0.717, 1.165) is 16.9 Å². The van der Waals surface area contributed by atoms with Gasteiger partial charge in [0, 0.05) is 28.6 Å². The van der Waals surface area contributed by atoms with Gasteiger partial charge in [-0.25, -0.2) is 9.97 Å². The van der Waals surface area contributed by atoms with E-state index in [1.54, 1.807) is 12.1 Å². The van der Waals surface area contributed by atoms with Crippen molar-refractivity contribution < 1.29 is 13.2 Å². The van der Waals surface area contributed by atoms with Crippen LogP contribution in [-0.2, 0) is 6.18 Å². The van der Waals surface area contributed by atoms with Crippen molar-refractivity contribution in [1.29, 1.82) is 0 Å². The molecular formula is C10H5BrF3N3. The molecule has 0 aliphatic heterocycles. The minimum absolute atomic E-state index is 0.430. The summed E-state index contributed by atoms with van der Waals surface area (Å²) in [5, 5.41) is 0. The summed E-state index contributed by atoms with van der Waals surface area (Å²) < 4.78 is 37.5. The molecule has 0 spiro atoms. The third-order valence-electron chi connectivity index (χ3n) is 1.92. The molecule has 0 N–H and O–H groups in total. The van der Waals surface area contributed by atoms with Crippen molar-refractivity contribution in [3.05, 3.63) is 41.0 Å². The van der Waals surface area contributed by atoms with Crippen molar-refractivity contribution in [2.45, 2.75) is 6.18 Å². The fourth-order valence-corrected chi connectivity index (χ4v) is 1.50. The van der Waals surface area contributed by atoms with E-state index in [1.165, 1.54) is 6.20 Å². The number of pyridine rings is 1. The smallest absolute Gasteiger partial charge is 0.256 e. The molecule has 0 saturated carbocycles. The average Bonchev–Trinajstić information content (AvgIpc) is 2.28. The minimum atomic E-state index is -4.52. The van der Waals surface area contributed by atoms with Crippen LogP contribution in [0.15, 0.2) is 35.2 Å². The number of halogens is 4. The maximum Gasteiger partial charge on any atom is 0.451 e. The Morgan fingerprint density at radius 3 is 2.24 bits per heavy atom. The van der Waals surface area contributed by atoms with Crippen LogP contribution in [0, 0.1) is 0 Å². The lowest BCUT2D eigenvalue weighted by Gasteiger charge is -2.05. The van der Waals surface area contributed by atoms with Gasteiger partial charge < -0.3 is 0 Å². The quantitative estimate of drug-likeness (QED) is 0.811. The molecular weight excluding hydrogens is 299 g/mol. The first-order valence-corrected chi connectivity index (χ1v) is 5.27. The van der Waals surface area contributed by atoms with Gasteiger partial charge in [0.2, 0.25) is 5.82 Å². The lowest BCUT2D eigenvalue weighted by atomic mass is 10.2. The summed E-state index contributed by atoms with van der Waals surface area (Å²) >= 11 is 3.24. The highest BCUT2D eigenvalue weighted by atomic mass is 79.9. The van der Waals surface area contributed by atoms with E-state index in [1.807, 2.05) is 0 Å². The van der Waals surface area contributed by atoms with Crippen molar-refractivity contribution in [1.82, 2.24) is 15.0 Å². The van der Waals surface area contributed by atoms with Gasteiger partial charge in [0.05, 0.1) is 5.69 Å². The zero-order chi connectivity index (χ0) is 12.5. The van der Waals surface area contributed by atoms with E-state index in [0.29, 0.717) is 11.3 Å². The summed E-state index contributed by atoms with van der Waals surface area (Å²) in [5.41, 5.74) is 0.937. The molecule has 0 radical (unpaired) electrons. The summed E-state index contributed by atoms with van der Waals surface area (Å²) in [4.78, 5) is 10.5. The Kier molecular flexibility index (Phi) is 3.10. The lowest BCUT2D eigenvalue weighted by molar-refractivity contribution is -0.144.